The van der Waals surface area contributed by atoms with Crippen LogP contribution in [0.15, 0.2) is 36.5 Å². The molecule has 2 aromatic rings. The average molecular weight is 286 g/mol. The minimum Gasteiger partial charge on any atom is -0.385 e. The van der Waals surface area contributed by atoms with E-state index in [-0.39, 0.29) is 0 Å². The van der Waals surface area contributed by atoms with Crippen molar-refractivity contribution in [1.82, 2.24) is 9.97 Å². The second kappa shape index (κ2) is 8.21. The number of anilines is 2. The van der Waals surface area contributed by atoms with Crippen molar-refractivity contribution in [3.8, 4) is 0 Å². The van der Waals surface area contributed by atoms with E-state index >= 15 is 0 Å². The lowest BCUT2D eigenvalue weighted by atomic mass is 10.1. The van der Waals surface area contributed by atoms with Crippen LogP contribution < -0.4 is 10.6 Å². The van der Waals surface area contributed by atoms with E-state index in [2.05, 4.69) is 39.7 Å². The molecule has 5 nitrogen and oxygen atoms in total. The zero-order valence-electron chi connectivity index (χ0n) is 12.6. The first-order chi connectivity index (χ1) is 10.3. The number of methoxy groups -OCH3 is 1. The normalized spacial score (nSPS) is 10.4. The van der Waals surface area contributed by atoms with Crippen LogP contribution in [-0.2, 0) is 11.3 Å². The lowest BCUT2D eigenvalue weighted by Crippen LogP contribution is -2.09. The molecule has 0 fully saturated rings. The lowest BCUT2D eigenvalue weighted by Gasteiger charge is -2.09. The Labute approximate surface area is 125 Å². The molecule has 0 aliphatic heterocycles. The molecule has 21 heavy (non-hydrogen) atoms. The standard InChI is InChI=1S/C16H22N4O/c1-13-6-3-4-7-14(13)12-19-15-8-10-18-16(20-15)17-9-5-11-21-2/h3-4,6-8,10H,5,9,11-12H2,1-2H3,(H2,17,18,19,20). The maximum absolute atomic E-state index is 5.01. The van der Waals surface area contributed by atoms with E-state index in [1.807, 2.05) is 18.2 Å². The summed E-state index contributed by atoms with van der Waals surface area (Å²) in [5.74, 6) is 1.46. The minimum atomic E-state index is 0.640. The smallest absolute Gasteiger partial charge is 0.224 e. The third-order valence-electron chi connectivity index (χ3n) is 3.19. The molecule has 0 amide bonds. The van der Waals surface area contributed by atoms with Gasteiger partial charge in [-0.2, -0.15) is 4.98 Å². The maximum Gasteiger partial charge on any atom is 0.224 e. The summed E-state index contributed by atoms with van der Waals surface area (Å²) in [6.07, 6.45) is 2.69. The Morgan fingerprint density at radius 1 is 1.14 bits per heavy atom. The van der Waals surface area contributed by atoms with Gasteiger partial charge in [-0.15, -0.1) is 0 Å². The predicted octanol–water partition coefficient (Wildman–Crippen LogP) is 2.85. The first-order valence-electron chi connectivity index (χ1n) is 7.14. The Hall–Kier alpha value is -2.14. The van der Waals surface area contributed by atoms with E-state index in [1.165, 1.54) is 11.1 Å². The predicted molar refractivity (Wildman–Crippen MR) is 85.5 cm³/mol. The molecule has 2 rings (SSSR count). The monoisotopic (exact) mass is 286 g/mol. The van der Waals surface area contributed by atoms with E-state index in [1.54, 1.807) is 13.3 Å². The van der Waals surface area contributed by atoms with Crippen LogP contribution in [0.4, 0.5) is 11.8 Å². The summed E-state index contributed by atoms with van der Waals surface area (Å²) >= 11 is 0. The summed E-state index contributed by atoms with van der Waals surface area (Å²) in [5.41, 5.74) is 2.54. The van der Waals surface area contributed by atoms with Crippen molar-refractivity contribution in [2.24, 2.45) is 0 Å². The van der Waals surface area contributed by atoms with E-state index in [4.69, 9.17) is 4.74 Å². The molecule has 0 aliphatic rings. The van der Waals surface area contributed by atoms with E-state index < -0.39 is 0 Å². The molecule has 0 unspecified atom stereocenters. The van der Waals surface area contributed by atoms with Crippen LogP contribution >= 0.6 is 0 Å². The van der Waals surface area contributed by atoms with Gasteiger partial charge in [-0.05, 0) is 30.5 Å². The second-order valence-corrected chi connectivity index (χ2v) is 4.82. The van der Waals surface area contributed by atoms with Crippen molar-refractivity contribution >= 4 is 11.8 Å². The number of ether oxygens (including phenoxy) is 1. The Bertz CT molecular complexity index is 559. The molecule has 0 aliphatic carbocycles. The highest BCUT2D eigenvalue weighted by molar-refractivity contribution is 5.41. The first kappa shape index (κ1) is 15.3. The van der Waals surface area contributed by atoms with Crippen LogP contribution in [0.1, 0.15) is 17.5 Å². The Morgan fingerprint density at radius 2 is 2.00 bits per heavy atom. The van der Waals surface area contributed by atoms with Gasteiger partial charge in [0.25, 0.3) is 0 Å². The highest BCUT2D eigenvalue weighted by Crippen LogP contribution is 2.11. The SMILES string of the molecule is COCCCNc1nccc(NCc2ccccc2C)n1. The van der Waals surface area contributed by atoms with Gasteiger partial charge in [0.05, 0.1) is 0 Å². The van der Waals surface area contributed by atoms with Crippen molar-refractivity contribution in [3.05, 3.63) is 47.7 Å². The number of hydrogen-bond donors (Lipinski definition) is 2. The van der Waals surface area contributed by atoms with Crippen LogP contribution in [0.5, 0.6) is 0 Å². The molecule has 0 saturated heterocycles. The van der Waals surface area contributed by atoms with Gasteiger partial charge in [-0.25, -0.2) is 4.98 Å². The molecule has 2 N–H and O–H groups in total. The summed E-state index contributed by atoms with van der Waals surface area (Å²) in [7, 11) is 1.70. The molecule has 0 spiro atoms. The van der Waals surface area contributed by atoms with E-state index in [9.17, 15) is 0 Å². The highest BCUT2D eigenvalue weighted by Gasteiger charge is 2.00. The molecule has 0 radical (unpaired) electrons. The number of nitrogens with one attached hydrogen (secondary N) is 2. The minimum absolute atomic E-state index is 0.640. The van der Waals surface area contributed by atoms with Gasteiger partial charge in [0.2, 0.25) is 5.95 Å². The summed E-state index contributed by atoms with van der Waals surface area (Å²) < 4.78 is 5.01. The van der Waals surface area contributed by atoms with Gasteiger partial charge >= 0.3 is 0 Å². The quantitative estimate of drug-likeness (QED) is 0.731. The fraction of sp³-hybridized carbons (Fsp3) is 0.375. The largest absolute Gasteiger partial charge is 0.385 e. The van der Waals surface area contributed by atoms with Crippen molar-refractivity contribution in [2.75, 3.05) is 30.9 Å². The first-order valence-corrected chi connectivity index (χ1v) is 7.14. The number of aromatic nitrogens is 2. The van der Waals surface area contributed by atoms with Gasteiger partial charge < -0.3 is 15.4 Å². The number of nitrogens with zero attached hydrogens (tertiary/aromatic N) is 2. The van der Waals surface area contributed by atoms with Gasteiger partial charge in [0.15, 0.2) is 0 Å². The maximum atomic E-state index is 5.01. The third-order valence-corrected chi connectivity index (χ3v) is 3.19. The van der Waals surface area contributed by atoms with Crippen molar-refractivity contribution in [1.29, 1.82) is 0 Å². The van der Waals surface area contributed by atoms with Crippen LogP contribution in [0.2, 0.25) is 0 Å². The molecule has 0 bridgehead atoms. The highest BCUT2D eigenvalue weighted by atomic mass is 16.5. The number of aryl methyl sites for hydroxylation is 1. The summed E-state index contributed by atoms with van der Waals surface area (Å²) in [5, 5.41) is 6.52. The number of rotatable bonds is 8. The van der Waals surface area contributed by atoms with Gasteiger partial charge in [-0.3, -0.25) is 0 Å². The van der Waals surface area contributed by atoms with E-state index in [0.29, 0.717) is 5.95 Å². The number of benzene rings is 1. The molecule has 1 aromatic heterocycles. The molecule has 5 heteroatoms. The fourth-order valence-corrected chi connectivity index (χ4v) is 1.95. The molecular weight excluding hydrogens is 264 g/mol. The average Bonchev–Trinajstić information content (AvgIpc) is 2.51. The zero-order valence-corrected chi connectivity index (χ0v) is 12.6. The number of hydrogen-bond acceptors (Lipinski definition) is 5. The van der Waals surface area contributed by atoms with Gasteiger partial charge in [-0.1, -0.05) is 24.3 Å². The van der Waals surface area contributed by atoms with Crippen molar-refractivity contribution in [3.63, 3.8) is 0 Å². The summed E-state index contributed by atoms with van der Waals surface area (Å²) in [4.78, 5) is 8.65. The van der Waals surface area contributed by atoms with Gasteiger partial charge in [0.1, 0.15) is 5.82 Å². The van der Waals surface area contributed by atoms with Crippen LogP contribution in [0.25, 0.3) is 0 Å². The molecule has 1 heterocycles. The fourth-order valence-electron chi connectivity index (χ4n) is 1.95. The van der Waals surface area contributed by atoms with Crippen LogP contribution in [0, 0.1) is 6.92 Å². The van der Waals surface area contributed by atoms with E-state index in [0.717, 1.165) is 31.9 Å². The summed E-state index contributed by atoms with van der Waals surface area (Å²) in [6, 6.07) is 10.2. The van der Waals surface area contributed by atoms with Crippen LogP contribution in [0.3, 0.4) is 0 Å². The lowest BCUT2D eigenvalue weighted by molar-refractivity contribution is 0.197. The van der Waals surface area contributed by atoms with Crippen LogP contribution in [-0.4, -0.2) is 30.2 Å². The molecule has 0 saturated carbocycles. The Balaban J connectivity index is 1.87. The van der Waals surface area contributed by atoms with Gasteiger partial charge in [0, 0.05) is 33.0 Å². The zero-order chi connectivity index (χ0) is 14.9. The molecule has 1 aromatic carbocycles. The molecule has 0 atom stereocenters. The second-order valence-electron chi connectivity index (χ2n) is 4.82. The molecular formula is C16H22N4O. The van der Waals surface area contributed by atoms with Crippen molar-refractivity contribution in [2.45, 2.75) is 19.9 Å². The Kier molecular flexibility index (Phi) is 5.97. The topological polar surface area (TPSA) is 59.1 Å². The molecule has 112 valence electrons. The Morgan fingerprint density at radius 3 is 2.81 bits per heavy atom. The third kappa shape index (κ3) is 5.04. The van der Waals surface area contributed by atoms with Crippen molar-refractivity contribution < 1.29 is 4.74 Å². The summed E-state index contributed by atoms with van der Waals surface area (Å²) in [6.45, 7) is 4.40.